The highest BCUT2D eigenvalue weighted by atomic mass is 16.5. The van der Waals surface area contributed by atoms with E-state index in [9.17, 15) is 4.79 Å². The molecule has 5 nitrogen and oxygen atoms in total. The lowest BCUT2D eigenvalue weighted by atomic mass is 9.98. The van der Waals surface area contributed by atoms with Crippen molar-refractivity contribution in [2.24, 2.45) is 11.8 Å². The minimum Gasteiger partial charge on any atom is -0.377 e. The Hall–Kier alpha value is -0.650. The van der Waals surface area contributed by atoms with Gasteiger partial charge in [0.2, 0.25) is 5.91 Å². The summed E-state index contributed by atoms with van der Waals surface area (Å²) in [6.07, 6.45) is 5.06. The van der Waals surface area contributed by atoms with Crippen LogP contribution in [0.2, 0.25) is 0 Å². The SMILES string of the molecule is CC(C)C(=O)NCC1CCCN(CCOCC2CCCO2)C1. The zero-order valence-electron chi connectivity index (χ0n) is 14.2. The van der Waals surface area contributed by atoms with E-state index in [0.717, 1.165) is 52.4 Å². The number of carbonyl (C=O) groups excluding carboxylic acids is 1. The zero-order chi connectivity index (χ0) is 15.8. The lowest BCUT2D eigenvalue weighted by molar-refractivity contribution is -0.124. The van der Waals surface area contributed by atoms with Gasteiger partial charge in [0.1, 0.15) is 0 Å². The molecule has 128 valence electrons. The largest absolute Gasteiger partial charge is 0.377 e. The summed E-state index contributed by atoms with van der Waals surface area (Å²) in [5.74, 6) is 0.817. The molecule has 22 heavy (non-hydrogen) atoms. The first-order valence-electron chi connectivity index (χ1n) is 8.84. The molecule has 0 bridgehead atoms. The molecule has 1 N–H and O–H groups in total. The molecule has 2 rings (SSSR count). The molecule has 2 saturated heterocycles. The lowest BCUT2D eigenvalue weighted by Crippen LogP contribution is -2.42. The Morgan fingerprint density at radius 2 is 2.23 bits per heavy atom. The van der Waals surface area contributed by atoms with Crippen LogP contribution in [-0.4, -0.2) is 62.9 Å². The van der Waals surface area contributed by atoms with Crippen molar-refractivity contribution < 1.29 is 14.3 Å². The molecule has 0 aromatic heterocycles. The van der Waals surface area contributed by atoms with E-state index in [0.29, 0.717) is 12.0 Å². The summed E-state index contributed by atoms with van der Waals surface area (Å²) in [4.78, 5) is 14.1. The van der Waals surface area contributed by atoms with Crippen molar-refractivity contribution in [2.45, 2.75) is 45.6 Å². The normalized spacial score (nSPS) is 26.5. The van der Waals surface area contributed by atoms with Gasteiger partial charge in [0, 0.05) is 32.2 Å². The summed E-state index contributed by atoms with van der Waals surface area (Å²) in [5, 5.41) is 3.06. The van der Waals surface area contributed by atoms with Crippen molar-refractivity contribution in [1.29, 1.82) is 0 Å². The van der Waals surface area contributed by atoms with Gasteiger partial charge in [-0.05, 0) is 38.1 Å². The number of amides is 1. The number of likely N-dealkylation sites (tertiary alicyclic amines) is 1. The molecule has 0 aromatic carbocycles. The highest BCUT2D eigenvalue weighted by Crippen LogP contribution is 2.16. The predicted octanol–water partition coefficient (Wildman–Crippen LogP) is 1.67. The number of nitrogens with zero attached hydrogens (tertiary/aromatic N) is 1. The van der Waals surface area contributed by atoms with Crippen LogP contribution in [0.1, 0.15) is 39.5 Å². The van der Waals surface area contributed by atoms with Crippen LogP contribution >= 0.6 is 0 Å². The van der Waals surface area contributed by atoms with E-state index in [-0.39, 0.29) is 11.8 Å². The second-order valence-electron chi connectivity index (χ2n) is 6.92. The van der Waals surface area contributed by atoms with Crippen LogP contribution in [0.5, 0.6) is 0 Å². The molecule has 2 fully saturated rings. The van der Waals surface area contributed by atoms with Crippen molar-refractivity contribution in [2.75, 3.05) is 46.0 Å². The summed E-state index contributed by atoms with van der Waals surface area (Å²) >= 11 is 0. The number of piperidine rings is 1. The van der Waals surface area contributed by atoms with E-state index in [1.165, 1.54) is 19.3 Å². The van der Waals surface area contributed by atoms with Gasteiger partial charge >= 0.3 is 0 Å². The molecule has 1 amide bonds. The third-order valence-electron chi connectivity index (χ3n) is 4.57. The van der Waals surface area contributed by atoms with Crippen LogP contribution in [0, 0.1) is 11.8 Å². The Labute approximate surface area is 134 Å². The average Bonchev–Trinajstić information content (AvgIpc) is 3.03. The zero-order valence-corrected chi connectivity index (χ0v) is 14.2. The Kier molecular flexibility index (Phi) is 7.63. The summed E-state index contributed by atoms with van der Waals surface area (Å²) in [7, 11) is 0. The first-order valence-corrected chi connectivity index (χ1v) is 8.84. The summed E-state index contributed by atoms with van der Waals surface area (Å²) in [6.45, 7) is 10.3. The number of hydrogen-bond donors (Lipinski definition) is 1. The minimum absolute atomic E-state index is 0.0749. The van der Waals surface area contributed by atoms with Gasteiger partial charge in [-0.1, -0.05) is 13.8 Å². The molecule has 5 heteroatoms. The van der Waals surface area contributed by atoms with Gasteiger partial charge in [0.05, 0.1) is 19.3 Å². The third-order valence-corrected chi connectivity index (χ3v) is 4.57. The van der Waals surface area contributed by atoms with Crippen molar-refractivity contribution in [3.05, 3.63) is 0 Å². The molecule has 0 saturated carbocycles. The maximum Gasteiger partial charge on any atom is 0.222 e. The molecule has 2 aliphatic rings. The topological polar surface area (TPSA) is 50.8 Å². The van der Waals surface area contributed by atoms with Crippen molar-refractivity contribution >= 4 is 5.91 Å². The fourth-order valence-corrected chi connectivity index (χ4v) is 3.15. The number of carbonyl (C=O) groups is 1. The molecule has 0 aromatic rings. The maximum absolute atomic E-state index is 11.6. The Bertz CT molecular complexity index is 330. The van der Waals surface area contributed by atoms with Crippen LogP contribution < -0.4 is 5.32 Å². The average molecular weight is 312 g/mol. The molecular weight excluding hydrogens is 280 g/mol. The first kappa shape index (κ1) is 17.7. The van der Waals surface area contributed by atoms with E-state index < -0.39 is 0 Å². The molecule has 0 spiro atoms. The fourth-order valence-electron chi connectivity index (χ4n) is 3.15. The van der Waals surface area contributed by atoms with Crippen LogP contribution in [0.15, 0.2) is 0 Å². The van der Waals surface area contributed by atoms with Gasteiger partial charge in [-0.2, -0.15) is 0 Å². The van der Waals surface area contributed by atoms with E-state index in [2.05, 4.69) is 10.2 Å². The Morgan fingerprint density at radius 3 is 2.95 bits per heavy atom. The standard InChI is InChI=1S/C17H32N2O3/c1-14(2)17(20)18-11-15-5-3-7-19(12-15)8-10-21-13-16-6-4-9-22-16/h14-16H,3-13H2,1-2H3,(H,18,20). The van der Waals surface area contributed by atoms with Crippen molar-refractivity contribution in [3.8, 4) is 0 Å². The molecule has 0 aliphatic carbocycles. The minimum atomic E-state index is 0.0749. The molecular formula is C17H32N2O3. The predicted molar refractivity (Wildman–Crippen MR) is 86.8 cm³/mol. The van der Waals surface area contributed by atoms with Crippen LogP contribution in [0.4, 0.5) is 0 Å². The smallest absolute Gasteiger partial charge is 0.222 e. The molecule has 2 unspecified atom stereocenters. The number of rotatable bonds is 8. The number of ether oxygens (including phenoxy) is 2. The van der Waals surface area contributed by atoms with E-state index in [1.54, 1.807) is 0 Å². The summed E-state index contributed by atoms with van der Waals surface area (Å²) < 4.78 is 11.3. The van der Waals surface area contributed by atoms with Gasteiger partial charge in [0.15, 0.2) is 0 Å². The van der Waals surface area contributed by atoms with Crippen LogP contribution in [-0.2, 0) is 14.3 Å². The highest BCUT2D eigenvalue weighted by Gasteiger charge is 2.21. The van der Waals surface area contributed by atoms with Crippen molar-refractivity contribution in [1.82, 2.24) is 10.2 Å². The summed E-state index contributed by atoms with van der Waals surface area (Å²) in [5.41, 5.74) is 0. The van der Waals surface area contributed by atoms with Gasteiger partial charge < -0.3 is 19.7 Å². The second-order valence-corrected chi connectivity index (χ2v) is 6.92. The first-order chi connectivity index (χ1) is 10.6. The Morgan fingerprint density at radius 1 is 1.36 bits per heavy atom. The number of hydrogen-bond acceptors (Lipinski definition) is 4. The molecule has 2 atom stereocenters. The second kappa shape index (κ2) is 9.48. The maximum atomic E-state index is 11.6. The van der Waals surface area contributed by atoms with Gasteiger partial charge in [-0.3, -0.25) is 4.79 Å². The van der Waals surface area contributed by atoms with Gasteiger partial charge in [-0.25, -0.2) is 0 Å². The molecule has 2 heterocycles. The molecule has 0 radical (unpaired) electrons. The third kappa shape index (κ3) is 6.23. The molecule has 2 aliphatic heterocycles. The highest BCUT2D eigenvalue weighted by molar-refractivity contribution is 5.77. The van der Waals surface area contributed by atoms with E-state index >= 15 is 0 Å². The van der Waals surface area contributed by atoms with Crippen LogP contribution in [0.3, 0.4) is 0 Å². The van der Waals surface area contributed by atoms with Crippen molar-refractivity contribution in [3.63, 3.8) is 0 Å². The van der Waals surface area contributed by atoms with E-state index in [4.69, 9.17) is 9.47 Å². The quantitative estimate of drug-likeness (QED) is 0.693. The van der Waals surface area contributed by atoms with Gasteiger partial charge in [-0.15, -0.1) is 0 Å². The Balaban J connectivity index is 1.55. The van der Waals surface area contributed by atoms with Gasteiger partial charge in [0.25, 0.3) is 0 Å². The monoisotopic (exact) mass is 312 g/mol. The van der Waals surface area contributed by atoms with E-state index in [1.807, 2.05) is 13.8 Å². The van der Waals surface area contributed by atoms with Crippen LogP contribution in [0.25, 0.3) is 0 Å². The lowest BCUT2D eigenvalue weighted by Gasteiger charge is -2.32. The fraction of sp³-hybridized carbons (Fsp3) is 0.941. The summed E-state index contributed by atoms with van der Waals surface area (Å²) in [6, 6.07) is 0. The number of nitrogens with one attached hydrogen (secondary N) is 1.